The molecule has 0 amide bonds. The van der Waals surface area contributed by atoms with E-state index in [9.17, 15) is 0 Å². The van der Waals surface area contributed by atoms with E-state index in [2.05, 4.69) is 42.2 Å². The molecule has 1 aromatic carbocycles. The Kier molecular flexibility index (Phi) is 5.17. The Bertz CT molecular complexity index is 567. The molecule has 1 aromatic heterocycles. The van der Waals surface area contributed by atoms with Crippen LogP contribution in [-0.4, -0.2) is 25.2 Å². The first kappa shape index (κ1) is 15.3. The van der Waals surface area contributed by atoms with Crippen molar-refractivity contribution in [3.63, 3.8) is 0 Å². The number of hydrogen-bond acceptors (Lipinski definition) is 4. The van der Waals surface area contributed by atoms with E-state index in [1.807, 2.05) is 36.7 Å². The molecular formula is C17H23N3O. The normalized spacial score (nSPS) is 10.7. The van der Waals surface area contributed by atoms with Gasteiger partial charge in [-0.15, -0.1) is 0 Å². The summed E-state index contributed by atoms with van der Waals surface area (Å²) in [6.07, 6.45) is 3.74. The van der Waals surface area contributed by atoms with E-state index in [0.29, 0.717) is 6.04 Å². The van der Waals surface area contributed by atoms with E-state index in [-0.39, 0.29) is 0 Å². The summed E-state index contributed by atoms with van der Waals surface area (Å²) in [4.78, 5) is 6.40. The number of pyridine rings is 1. The number of benzene rings is 1. The van der Waals surface area contributed by atoms with Crippen molar-refractivity contribution in [2.75, 3.05) is 19.1 Å². The van der Waals surface area contributed by atoms with Gasteiger partial charge in [0.15, 0.2) is 0 Å². The van der Waals surface area contributed by atoms with Gasteiger partial charge in [-0.3, -0.25) is 4.98 Å². The van der Waals surface area contributed by atoms with Crippen molar-refractivity contribution >= 4 is 11.4 Å². The molecule has 4 nitrogen and oxygen atoms in total. The van der Waals surface area contributed by atoms with Gasteiger partial charge in [-0.05, 0) is 35.9 Å². The molecule has 2 aromatic rings. The fourth-order valence-corrected chi connectivity index (χ4v) is 2.13. The molecule has 0 atom stereocenters. The number of ether oxygens (including phenoxy) is 1. The summed E-state index contributed by atoms with van der Waals surface area (Å²) >= 11 is 0. The number of anilines is 2. The van der Waals surface area contributed by atoms with Crippen LogP contribution in [0.25, 0.3) is 0 Å². The van der Waals surface area contributed by atoms with Crippen LogP contribution in [0.15, 0.2) is 42.7 Å². The van der Waals surface area contributed by atoms with Crippen LogP contribution in [0.3, 0.4) is 0 Å². The zero-order chi connectivity index (χ0) is 15.2. The van der Waals surface area contributed by atoms with Gasteiger partial charge in [-0.1, -0.05) is 13.8 Å². The quantitative estimate of drug-likeness (QED) is 0.883. The van der Waals surface area contributed by atoms with Gasteiger partial charge in [0.1, 0.15) is 5.75 Å². The number of aromatic nitrogens is 1. The van der Waals surface area contributed by atoms with Crippen LogP contribution in [-0.2, 0) is 6.54 Å². The molecule has 0 unspecified atom stereocenters. The number of rotatable bonds is 6. The lowest BCUT2D eigenvalue weighted by Crippen LogP contribution is -2.23. The van der Waals surface area contributed by atoms with Gasteiger partial charge in [0, 0.05) is 31.5 Å². The van der Waals surface area contributed by atoms with Gasteiger partial charge in [0.25, 0.3) is 0 Å². The lowest BCUT2D eigenvalue weighted by atomic mass is 10.2. The molecule has 4 heteroatoms. The molecule has 0 aliphatic heterocycles. The molecular weight excluding hydrogens is 262 g/mol. The van der Waals surface area contributed by atoms with E-state index >= 15 is 0 Å². The van der Waals surface area contributed by atoms with Crippen molar-refractivity contribution in [3.05, 3.63) is 48.3 Å². The van der Waals surface area contributed by atoms with Crippen LogP contribution in [0.2, 0.25) is 0 Å². The van der Waals surface area contributed by atoms with Crippen LogP contribution in [0.1, 0.15) is 19.4 Å². The number of nitrogens with one attached hydrogen (secondary N) is 1. The topological polar surface area (TPSA) is 37.4 Å². The van der Waals surface area contributed by atoms with Gasteiger partial charge >= 0.3 is 0 Å². The van der Waals surface area contributed by atoms with Crippen LogP contribution >= 0.6 is 0 Å². The van der Waals surface area contributed by atoms with Crippen molar-refractivity contribution in [3.8, 4) is 5.75 Å². The lowest BCUT2D eigenvalue weighted by Gasteiger charge is -2.23. The molecule has 2 rings (SSSR count). The summed E-state index contributed by atoms with van der Waals surface area (Å²) in [5, 5.41) is 3.45. The Morgan fingerprint density at radius 2 is 1.90 bits per heavy atom. The summed E-state index contributed by atoms with van der Waals surface area (Å²) in [6.45, 7) is 5.12. The molecule has 0 spiro atoms. The number of hydrogen-bond donors (Lipinski definition) is 1. The van der Waals surface area contributed by atoms with Crippen molar-refractivity contribution in [1.29, 1.82) is 0 Å². The van der Waals surface area contributed by atoms with Crippen molar-refractivity contribution in [1.82, 2.24) is 10.3 Å². The summed E-state index contributed by atoms with van der Waals surface area (Å²) < 4.78 is 5.20. The Labute approximate surface area is 126 Å². The molecule has 0 bridgehead atoms. The maximum absolute atomic E-state index is 5.20. The predicted octanol–water partition coefficient (Wildman–Crippen LogP) is 3.36. The average Bonchev–Trinajstić information content (AvgIpc) is 2.52. The first-order valence-corrected chi connectivity index (χ1v) is 7.16. The second-order valence-corrected chi connectivity index (χ2v) is 5.30. The van der Waals surface area contributed by atoms with E-state index < -0.39 is 0 Å². The molecule has 1 N–H and O–H groups in total. The van der Waals surface area contributed by atoms with Gasteiger partial charge in [0.2, 0.25) is 0 Å². The maximum Gasteiger partial charge on any atom is 0.119 e. The highest BCUT2D eigenvalue weighted by Gasteiger charge is 2.10. The van der Waals surface area contributed by atoms with Gasteiger partial charge < -0.3 is 15.0 Å². The largest absolute Gasteiger partial charge is 0.497 e. The summed E-state index contributed by atoms with van der Waals surface area (Å²) in [7, 11) is 3.73. The minimum Gasteiger partial charge on any atom is -0.497 e. The Morgan fingerprint density at radius 1 is 1.19 bits per heavy atom. The summed E-state index contributed by atoms with van der Waals surface area (Å²) in [5.41, 5.74) is 3.45. The Morgan fingerprint density at radius 3 is 2.52 bits per heavy atom. The van der Waals surface area contributed by atoms with E-state index in [1.165, 1.54) is 5.56 Å². The second-order valence-electron chi connectivity index (χ2n) is 5.30. The van der Waals surface area contributed by atoms with Gasteiger partial charge in [-0.25, -0.2) is 0 Å². The third kappa shape index (κ3) is 3.95. The van der Waals surface area contributed by atoms with Crippen molar-refractivity contribution in [2.45, 2.75) is 26.4 Å². The zero-order valence-electron chi connectivity index (χ0n) is 13.1. The zero-order valence-corrected chi connectivity index (χ0v) is 13.1. The number of methoxy groups -OCH3 is 1. The van der Waals surface area contributed by atoms with E-state index in [1.54, 1.807) is 7.11 Å². The minimum absolute atomic E-state index is 0.456. The molecule has 112 valence electrons. The van der Waals surface area contributed by atoms with E-state index in [4.69, 9.17) is 4.74 Å². The smallest absolute Gasteiger partial charge is 0.119 e. The minimum atomic E-state index is 0.456. The number of nitrogens with zero attached hydrogens (tertiary/aromatic N) is 2. The van der Waals surface area contributed by atoms with Crippen LogP contribution in [0.5, 0.6) is 5.75 Å². The first-order valence-electron chi connectivity index (χ1n) is 7.16. The maximum atomic E-state index is 5.20. The second kappa shape index (κ2) is 7.09. The molecule has 0 aliphatic rings. The molecule has 0 saturated heterocycles. The fraction of sp³-hybridized carbons (Fsp3) is 0.353. The van der Waals surface area contributed by atoms with E-state index in [0.717, 1.165) is 23.7 Å². The highest BCUT2D eigenvalue weighted by Crippen LogP contribution is 2.27. The molecule has 0 aliphatic carbocycles. The van der Waals surface area contributed by atoms with Gasteiger partial charge in [0.05, 0.1) is 19.0 Å². The Balaban J connectivity index is 2.23. The third-order valence-corrected chi connectivity index (χ3v) is 3.41. The average molecular weight is 285 g/mol. The predicted molar refractivity (Wildman–Crippen MR) is 87.3 cm³/mol. The molecule has 0 saturated carbocycles. The summed E-state index contributed by atoms with van der Waals surface area (Å²) in [5.74, 6) is 0.861. The summed E-state index contributed by atoms with van der Waals surface area (Å²) in [6, 6.07) is 10.5. The Hall–Kier alpha value is -2.07. The van der Waals surface area contributed by atoms with Crippen LogP contribution < -0.4 is 15.0 Å². The first-order chi connectivity index (χ1) is 10.1. The third-order valence-electron chi connectivity index (χ3n) is 3.41. The van der Waals surface area contributed by atoms with Crippen molar-refractivity contribution < 1.29 is 4.74 Å². The van der Waals surface area contributed by atoms with Crippen LogP contribution in [0.4, 0.5) is 11.4 Å². The fourth-order valence-electron chi connectivity index (χ4n) is 2.13. The highest BCUT2D eigenvalue weighted by molar-refractivity contribution is 5.65. The van der Waals surface area contributed by atoms with Gasteiger partial charge in [-0.2, -0.15) is 0 Å². The highest BCUT2D eigenvalue weighted by atomic mass is 16.5. The monoisotopic (exact) mass is 285 g/mol. The SMILES string of the molecule is COc1ccc(N(C)c2cnccc2CNC(C)C)cc1. The molecule has 0 fully saturated rings. The van der Waals surface area contributed by atoms with Crippen LogP contribution in [0, 0.1) is 0 Å². The molecule has 1 heterocycles. The molecule has 0 radical (unpaired) electrons. The standard InChI is InChI=1S/C17H23N3O/c1-13(2)19-11-14-9-10-18-12-17(14)20(3)15-5-7-16(21-4)8-6-15/h5-10,12-13,19H,11H2,1-4H3. The van der Waals surface area contributed by atoms with Crippen molar-refractivity contribution in [2.24, 2.45) is 0 Å². The molecule has 21 heavy (non-hydrogen) atoms. The lowest BCUT2D eigenvalue weighted by molar-refractivity contribution is 0.415.